The van der Waals surface area contributed by atoms with Gasteiger partial charge in [0.05, 0.1) is 10.6 Å². The minimum absolute atomic E-state index is 0.115. The van der Waals surface area contributed by atoms with Crippen molar-refractivity contribution in [3.8, 4) is 0 Å². The molecule has 0 fully saturated rings. The second-order valence-corrected chi connectivity index (χ2v) is 3.97. The normalized spacial score (nSPS) is 23.4. The second-order valence-electron chi connectivity index (χ2n) is 2.77. The summed E-state index contributed by atoms with van der Waals surface area (Å²) in [7, 11) is 0. The zero-order chi connectivity index (χ0) is 9.84. The maximum absolute atomic E-state index is 5.92. The van der Waals surface area contributed by atoms with E-state index >= 15 is 0 Å². The fourth-order valence-electron chi connectivity index (χ4n) is 1.06. The van der Waals surface area contributed by atoms with Crippen LogP contribution in [0.15, 0.2) is 28.1 Å². The van der Waals surface area contributed by atoms with Crippen molar-refractivity contribution in [3.63, 3.8) is 0 Å². The highest BCUT2D eigenvalue weighted by Gasteiger charge is 2.18. The van der Waals surface area contributed by atoms with Crippen LogP contribution in [-0.2, 0) is 0 Å². The van der Waals surface area contributed by atoms with Gasteiger partial charge in [-0.2, -0.15) is 0 Å². The molecule has 1 rings (SSSR count). The summed E-state index contributed by atoms with van der Waals surface area (Å²) in [6, 6.07) is 0.115. The van der Waals surface area contributed by atoms with E-state index in [-0.39, 0.29) is 6.04 Å². The summed E-state index contributed by atoms with van der Waals surface area (Å²) >= 11 is 9.40. The molecule has 13 heavy (non-hydrogen) atoms. The summed E-state index contributed by atoms with van der Waals surface area (Å²) in [6.45, 7) is 4.11. The van der Waals surface area contributed by atoms with Gasteiger partial charge in [-0.3, -0.25) is 0 Å². The molecule has 0 radical (unpaired) electrons. The molecule has 0 spiro atoms. The largest absolute Gasteiger partial charge is 0.331 e. The zero-order valence-corrected chi connectivity index (χ0v) is 10.0. The molecule has 0 aromatic rings. The molecule has 2 nitrogen and oxygen atoms in total. The topological polar surface area (TPSA) is 15.6 Å². The van der Waals surface area contributed by atoms with Gasteiger partial charge in [-0.05, 0) is 29.3 Å². The lowest BCUT2D eigenvalue weighted by molar-refractivity contribution is 0.461. The highest BCUT2D eigenvalue weighted by molar-refractivity contribution is 9.11. The molecule has 1 atom stereocenters. The van der Waals surface area contributed by atoms with E-state index in [4.69, 9.17) is 11.6 Å². The Morgan fingerprint density at radius 2 is 2.54 bits per heavy atom. The molecule has 4 heteroatoms. The molecule has 0 aromatic heterocycles. The molecule has 72 valence electrons. The maximum atomic E-state index is 5.92. The molecule has 1 aliphatic rings. The molecule has 1 heterocycles. The summed E-state index contributed by atoms with van der Waals surface area (Å²) in [5.74, 6) is 0. The third kappa shape index (κ3) is 2.58. The molecule has 1 unspecified atom stereocenters. The molecular formula is C9H12BrClN2. The highest BCUT2D eigenvalue weighted by atomic mass is 79.9. The van der Waals surface area contributed by atoms with Gasteiger partial charge < -0.3 is 4.90 Å². The molecule has 0 aromatic carbocycles. The number of aliphatic imine (C=N–C) groups is 1. The Balaban J connectivity index is 2.78. The smallest absolute Gasteiger partial charge is 0.128 e. The molecule has 0 saturated carbocycles. The monoisotopic (exact) mass is 262 g/mol. The lowest BCUT2D eigenvalue weighted by atomic mass is 10.3. The van der Waals surface area contributed by atoms with Gasteiger partial charge in [0.1, 0.15) is 5.17 Å². The number of rotatable bonds is 2. The molecule has 0 aliphatic carbocycles. The van der Waals surface area contributed by atoms with Crippen LogP contribution in [0.3, 0.4) is 0 Å². The Kier molecular flexibility index (Phi) is 4.00. The molecule has 0 N–H and O–H groups in total. The van der Waals surface area contributed by atoms with Crippen molar-refractivity contribution in [2.24, 2.45) is 4.99 Å². The van der Waals surface area contributed by atoms with Crippen LogP contribution in [0.2, 0.25) is 0 Å². The van der Waals surface area contributed by atoms with E-state index in [2.05, 4.69) is 33.9 Å². The van der Waals surface area contributed by atoms with Crippen molar-refractivity contribution >= 4 is 32.7 Å². The van der Waals surface area contributed by atoms with Gasteiger partial charge in [0, 0.05) is 12.4 Å². The SMILES string of the molecule is CC/C=C(\Br)N1C=CN=C(Cl)C1C. The summed E-state index contributed by atoms with van der Waals surface area (Å²) in [5.41, 5.74) is 0. The summed E-state index contributed by atoms with van der Waals surface area (Å²) in [4.78, 5) is 6.06. The lowest BCUT2D eigenvalue weighted by Gasteiger charge is -2.28. The van der Waals surface area contributed by atoms with Gasteiger partial charge in [-0.15, -0.1) is 0 Å². The second kappa shape index (κ2) is 4.82. The van der Waals surface area contributed by atoms with Crippen LogP contribution in [0.5, 0.6) is 0 Å². The third-order valence-electron chi connectivity index (χ3n) is 1.81. The van der Waals surface area contributed by atoms with E-state index < -0.39 is 0 Å². The van der Waals surface area contributed by atoms with Crippen LogP contribution < -0.4 is 0 Å². The predicted molar refractivity (Wildman–Crippen MR) is 61.0 cm³/mol. The van der Waals surface area contributed by atoms with E-state index in [0.717, 1.165) is 11.0 Å². The Hall–Kier alpha value is -0.280. The van der Waals surface area contributed by atoms with Gasteiger partial charge in [0.2, 0.25) is 0 Å². The average Bonchev–Trinajstić information content (AvgIpc) is 2.10. The van der Waals surface area contributed by atoms with Crippen molar-refractivity contribution in [1.29, 1.82) is 0 Å². The number of hydrogen-bond acceptors (Lipinski definition) is 2. The van der Waals surface area contributed by atoms with Gasteiger partial charge in [-0.25, -0.2) is 4.99 Å². The first-order valence-electron chi connectivity index (χ1n) is 4.20. The van der Waals surface area contributed by atoms with E-state index in [0.29, 0.717) is 5.17 Å². The molecule has 0 saturated heterocycles. The van der Waals surface area contributed by atoms with Gasteiger partial charge in [0.15, 0.2) is 0 Å². The summed E-state index contributed by atoms with van der Waals surface area (Å²) < 4.78 is 1.03. The van der Waals surface area contributed by atoms with Crippen molar-refractivity contribution < 1.29 is 0 Å². The summed E-state index contributed by atoms with van der Waals surface area (Å²) in [6.07, 6.45) is 6.70. The Morgan fingerprint density at radius 3 is 3.15 bits per heavy atom. The molecule has 0 amide bonds. The van der Waals surface area contributed by atoms with Crippen LogP contribution in [0, 0.1) is 0 Å². The van der Waals surface area contributed by atoms with Crippen LogP contribution >= 0.6 is 27.5 Å². The molecule has 1 aliphatic heterocycles. The van der Waals surface area contributed by atoms with Crippen LogP contribution in [0.1, 0.15) is 20.3 Å². The number of hydrogen-bond donors (Lipinski definition) is 0. The van der Waals surface area contributed by atoms with Crippen LogP contribution in [0.25, 0.3) is 0 Å². The van der Waals surface area contributed by atoms with Crippen molar-refractivity contribution in [3.05, 3.63) is 23.1 Å². The number of nitrogens with zero attached hydrogens (tertiary/aromatic N) is 2. The first-order valence-corrected chi connectivity index (χ1v) is 5.37. The minimum Gasteiger partial charge on any atom is -0.331 e. The van der Waals surface area contributed by atoms with Crippen LogP contribution in [0.4, 0.5) is 0 Å². The highest BCUT2D eigenvalue weighted by Crippen LogP contribution is 2.21. The first-order chi connectivity index (χ1) is 6.16. The maximum Gasteiger partial charge on any atom is 0.128 e. The standard InChI is InChI=1S/C9H12BrClN2/c1-3-4-8(10)13-6-5-12-9(11)7(13)2/h4-7H,3H2,1-2H3/b8-4+. The quantitative estimate of drug-likeness (QED) is 0.697. The Labute approximate surface area is 92.1 Å². The van der Waals surface area contributed by atoms with Crippen LogP contribution in [-0.4, -0.2) is 16.1 Å². The fraction of sp³-hybridized carbons (Fsp3) is 0.444. The first kappa shape index (κ1) is 10.8. The van der Waals surface area contributed by atoms with E-state index in [9.17, 15) is 0 Å². The number of allylic oxidation sites excluding steroid dienone is 1. The van der Waals surface area contributed by atoms with Crippen molar-refractivity contribution in [2.75, 3.05) is 0 Å². The van der Waals surface area contributed by atoms with Crippen molar-refractivity contribution in [1.82, 2.24) is 4.90 Å². The molecular weight excluding hydrogens is 251 g/mol. The third-order valence-corrected chi connectivity index (χ3v) is 2.95. The minimum atomic E-state index is 0.115. The van der Waals surface area contributed by atoms with E-state index in [1.807, 2.05) is 18.0 Å². The van der Waals surface area contributed by atoms with E-state index in [1.54, 1.807) is 6.20 Å². The van der Waals surface area contributed by atoms with Gasteiger partial charge >= 0.3 is 0 Å². The molecule has 0 bridgehead atoms. The fourth-order valence-corrected chi connectivity index (χ4v) is 1.97. The Morgan fingerprint density at radius 1 is 1.85 bits per heavy atom. The van der Waals surface area contributed by atoms with Gasteiger partial charge in [-0.1, -0.05) is 24.6 Å². The Bertz CT molecular complexity index is 271. The lowest BCUT2D eigenvalue weighted by Crippen LogP contribution is -2.32. The van der Waals surface area contributed by atoms with Crippen molar-refractivity contribution in [2.45, 2.75) is 26.3 Å². The zero-order valence-electron chi connectivity index (χ0n) is 7.67. The predicted octanol–water partition coefficient (Wildman–Crippen LogP) is 3.45. The van der Waals surface area contributed by atoms with E-state index in [1.165, 1.54) is 0 Å². The average molecular weight is 264 g/mol. The van der Waals surface area contributed by atoms with Gasteiger partial charge in [0.25, 0.3) is 0 Å². The summed E-state index contributed by atoms with van der Waals surface area (Å²) in [5, 5.41) is 0.615. The number of halogens is 2.